The maximum Gasteiger partial charge on any atom is -0.147 e. The van der Waals surface area contributed by atoms with Crippen LogP contribution >= 0.6 is 24.8 Å². The maximum atomic E-state index is 6.72. The van der Waals surface area contributed by atoms with Gasteiger partial charge in [-0.1, -0.05) is 0 Å². The van der Waals surface area contributed by atoms with Crippen LogP contribution in [0.15, 0.2) is 60.4 Å². The second kappa shape index (κ2) is 9.96. The fraction of sp³-hybridized carbons (Fsp3) is 0.360. The van der Waals surface area contributed by atoms with Crippen LogP contribution in [0.4, 0.5) is 0 Å². The van der Waals surface area contributed by atoms with Crippen molar-refractivity contribution < 1.29 is 28.0 Å². The zero-order chi connectivity index (χ0) is 21.7. The number of halogens is 2. The second-order valence-electron chi connectivity index (χ2n) is 10.0. The molecule has 2 unspecified atom stereocenters. The van der Waals surface area contributed by atoms with Gasteiger partial charge in [-0.3, -0.25) is 0 Å². The Labute approximate surface area is 212 Å². The van der Waals surface area contributed by atoms with Crippen LogP contribution in [-0.4, -0.2) is 21.8 Å². The molecule has 0 spiro atoms. The SMILES string of the molecule is CCOC1=C(O[Si](C)(C)C)c2ccccc2C1[C]1([Zr]([CH3])([CH3])=[SiH2])C=Cc2ccccc21.Cl.Cl. The van der Waals surface area contributed by atoms with E-state index in [1.165, 1.54) is 22.3 Å². The van der Waals surface area contributed by atoms with E-state index in [1.807, 2.05) is 0 Å². The molecule has 0 N–H and O–H groups in total. The summed E-state index contributed by atoms with van der Waals surface area (Å²) in [4.78, 5) is 0. The number of fused-ring (bicyclic) bond motifs is 2. The van der Waals surface area contributed by atoms with Crippen LogP contribution in [0.3, 0.4) is 0 Å². The molecule has 0 heterocycles. The predicted molar refractivity (Wildman–Crippen MR) is 144 cm³/mol. The topological polar surface area (TPSA) is 18.5 Å². The molecule has 0 aliphatic heterocycles. The van der Waals surface area contributed by atoms with E-state index in [-0.39, 0.29) is 33.9 Å². The minimum Gasteiger partial charge on any atom is -0.147 e. The number of hydrogen-bond donors (Lipinski definition) is 0. The van der Waals surface area contributed by atoms with Gasteiger partial charge in [0.25, 0.3) is 0 Å². The average Bonchev–Trinajstić information content (AvgIpc) is 3.18. The van der Waals surface area contributed by atoms with E-state index < -0.39 is 27.2 Å². The Morgan fingerprint density at radius 1 is 1.00 bits per heavy atom. The Bertz CT molecular complexity index is 1100. The second-order valence-corrected chi connectivity index (χ2v) is 36.2. The van der Waals surface area contributed by atoms with Crippen molar-refractivity contribution >= 4 is 51.8 Å². The molecule has 173 valence electrons. The van der Waals surface area contributed by atoms with Crippen molar-refractivity contribution in [2.45, 2.75) is 44.9 Å². The summed E-state index contributed by atoms with van der Waals surface area (Å²) in [6.45, 7) is 11.8. The van der Waals surface area contributed by atoms with E-state index in [0.717, 1.165) is 11.5 Å². The molecule has 0 amide bonds. The molecule has 2 aliphatic rings. The van der Waals surface area contributed by atoms with Gasteiger partial charge in [-0.05, 0) is 0 Å². The third kappa shape index (κ3) is 4.53. The zero-order valence-electron chi connectivity index (χ0n) is 19.9. The normalized spacial score (nSPS) is 21.4. The molecule has 2 atom stereocenters. The van der Waals surface area contributed by atoms with Crippen LogP contribution in [0.25, 0.3) is 11.8 Å². The average molecular weight is 586 g/mol. The molecule has 2 aromatic rings. The van der Waals surface area contributed by atoms with Crippen LogP contribution in [-0.2, 0) is 31.2 Å². The Hall–Kier alpha value is -0.583. The standard InChI is InChI=1S/C23H25O2Si.2CH3.2ClH.H2Si.Zr/c1-5-24-23-21(19-15-14-16-10-6-7-11-17(16)19)18-12-8-9-13-20(18)22(23)25-26(2,3)4;;;;;;/h6-15,21H,5H2,1-4H3;2*1H3;2*1H;1H2;. The van der Waals surface area contributed by atoms with Crippen LogP contribution in [0, 0.1) is 0 Å². The molecule has 2 aromatic carbocycles. The van der Waals surface area contributed by atoms with E-state index in [0.29, 0.717) is 6.61 Å². The molecule has 7 heteroatoms. The number of hydrogen-bond acceptors (Lipinski definition) is 2. The summed E-state index contributed by atoms with van der Waals surface area (Å²) in [6, 6.07) is 17.8. The Balaban J connectivity index is 0.00000181. The van der Waals surface area contributed by atoms with E-state index in [1.54, 1.807) is 0 Å². The molecule has 0 saturated carbocycles. The molecule has 0 aromatic heterocycles. The third-order valence-corrected chi connectivity index (χ3v) is 17.8. The first-order valence-electron chi connectivity index (χ1n) is 10.9. The predicted octanol–water partition coefficient (Wildman–Crippen LogP) is 6.90. The van der Waals surface area contributed by atoms with E-state index in [4.69, 9.17) is 9.16 Å². The first-order chi connectivity index (χ1) is 14.1. The molecule has 0 fully saturated rings. The Morgan fingerprint density at radius 2 is 1.62 bits per heavy atom. The van der Waals surface area contributed by atoms with Crippen LogP contribution in [0.1, 0.15) is 35.1 Å². The molecule has 2 nitrogen and oxygen atoms in total. The first-order valence-corrected chi connectivity index (χ1v) is 26.4. The monoisotopic (exact) mass is 583 g/mol. The summed E-state index contributed by atoms with van der Waals surface area (Å²) in [5.74, 6) is 2.23. The summed E-state index contributed by atoms with van der Waals surface area (Å²) in [7, 11) is -1.81. The van der Waals surface area contributed by atoms with Crippen molar-refractivity contribution in [1.29, 1.82) is 0 Å². The minimum absolute atomic E-state index is 0. The Morgan fingerprint density at radius 3 is 2.25 bits per heavy atom. The van der Waals surface area contributed by atoms with Gasteiger partial charge in [0.15, 0.2) is 0 Å². The summed E-state index contributed by atoms with van der Waals surface area (Å²) in [5.41, 5.74) is 5.44. The summed E-state index contributed by atoms with van der Waals surface area (Å²) < 4.78 is 18.4. The number of allylic oxidation sites excluding steroid dienone is 2. The Kier molecular flexibility index (Phi) is 8.61. The van der Waals surface area contributed by atoms with Crippen molar-refractivity contribution in [2.75, 3.05) is 6.61 Å². The van der Waals surface area contributed by atoms with E-state index >= 15 is 0 Å². The fourth-order valence-electron chi connectivity index (χ4n) is 5.09. The molecular formula is C25H35Cl2O2Si2Zr. The van der Waals surface area contributed by atoms with Crippen molar-refractivity contribution in [2.24, 2.45) is 0 Å². The van der Waals surface area contributed by atoms with Gasteiger partial charge in [0.2, 0.25) is 0 Å². The van der Waals surface area contributed by atoms with Gasteiger partial charge in [0.05, 0.1) is 0 Å². The van der Waals surface area contributed by atoms with Gasteiger partial charge >= 0.3 is 189 Å². The van der Waals surface area contributed by atoms with Crippen LogP contribution < -0.4 is 0 Å². The van der Waals surface area contributed by atoms with Gasteiger partial charge in [-0.2, -0.15) is 0 Å². The van der Waals surface area contributed by atoms with Crippen molar-refractivity contribution in [1.82, 2.24) is 0 Å². The largest absolute Gasteiger partial charge is 0.147 e. The van der Waals surface area contributed by atoms with Crippen molar-refractivity contribution in [3.05, 3.63) is 82.6 Å². The molecular weight excluding hydrogens is 551 g/mol. The molecule has 32 heavy (non-hydrogen) atoms. The molecule has 0 bridgehead atoms. The maximum absolute atomic E-state index is 6.72. The summed E-state index contributed by atoms with van der Waals surface area (Å²) >= 11 is -2.63. The van der Waals surface area contributed by atoms with Gasteiger partial charge in [-0.15, -0.1) is 24.8 Å². The van der Waals surface area contributed by atoms with Crippen molar-refractivity contribution in [3.8, 4) is 0 Å². The minimum atomic E-state index is -2.63. The summed E-state index contributed by atoms with van der Waals surface area (Å²) in [6.07, 6.45) is 4.88. The van der Waals surface area contributed by atoms with Gasteiger partial charge < -0.3 is 0 Å². The van der Waals surface area contributed by atoms with E-state index in [9.17, 15) is 0 Å². The van der Waals surface area contributed by atoms with Crippen LogP contribution in [0.5, 0.6) is 0 Å². The zero-order valence-corrected chi connectivity index (χ0v) is 26.4. The summed E-state index contributed by atoms with van der Waals surface area (Å²) in [5, 5.41) is 0. The van der Waals surface area contributed by atoms with Gasteiger partial charge in [0, 0.05) is 0 Å². The van der Waals surface area contributed by atoms with E-state index in [2.05, 4.69) is 103 Å². The molecule has 4 rings (SSSR count). The number of ether oxygens (including phenoxy) is 1. The quantitative estimate of drug-likeness (QED) is 0.343. The third-order valence-electron chi connectivity index (χ3n) is 6.22. The molecule has 0 radical (unpaired) electrons. The first kappa shape index (κ1) is 27.7. The fourth-order valence-corrected chi connectivity index (χ4v) is 15.2. The van der Waals surface area contributed by atoms with Crippen molar-refractivity contribution in [3.63, 3.8) is 0 Å². The van der Waals surface area contributed by atoms with Gasteiger partial charge in [-0.25, -0.2) is 0 Å². The number of benzene rings is 2. The smallest absolute Gasteiger partial charge is 0.147 e. The van der Waals surface area contributed by atoms with Gasteiger partial charge in [0.1, 0.15) is 0 Å². The number of rotatable bonds is 6. The molecule has 2 aliphatic carbocycles. The van der Waals surface area contributed by atoms with Crippen LogP contribution in [0.2, 0.25) is 28.9 Å². The molecule has 0 saturated heterocycles.